The number of hydrogen-bond acceptors (Lipinski definition) is 5. The first kappa shape index (κ1) is 20.6. The summed E-state index contributed by atoms with van der Waals surface area (Å²) in [7, 11) is 0. The van der Waals surface area contributed by atoms with Gasteiger partial charge in [0.05, 0.1) is 18.4 Å². The Morgan fingerprint density at radius 3 is 2.45 bits per heavy atom. The van der Waals surface area contributed by atoms with Crippen LogP contribution in [0.1, 0.15) is 34.2 Å². The van der Waals surface area contributed by atoms with Crippen LogP contribution in [0.5, 0.6) is 0 Å². The first-order valence-electron chi connectivity index (χ1n) is 8.99. The molecule has 3 rings (SSSR count). The third-order valence-electron chi connectivity index (χ3n) is 4.05. The molecule has 0 saturated carbocycles. The summed E-state index contributed by atoms with van der Waals surface area (Å²) in [6, 6.07) is 12.3. The summed E-state index contributed by atoms with van der Waals surface area (Å²) < 4.78 is 20.0. The molecule has 8 heteroatoms. The van der Waals surface area contributed by atoms with Gasteiger partial charge in [-0.05, 0) is 61.2 Å². The maximum atomic E-state index is 13.3. The average molecular weight is 413 g/mol. The Labute approximate surface area is 172 Å². The fraction of sp³-hybridized carbons (Fsp3) is 0.190. The van der Waals surface area contributed by atoms with Gasteiger partial charge in [-0.2, -0.15) is 0 Å². The molecule has 6 nitrogen and oxygen atoms in total. The van der Waals surface area contributed by atoms with Crippen molar-refractivity contribution in [3.8, 4) is 5.69 Å². The lowest BCUT2D eigenvalue weighted by Crippen LogP contribution is -2.17. The van der Waals surface area contributed by atoms with Crippen molar-refractivity contribution in [2.45, 2.75) is 18.5 Å². The molecule has 1 N–H and O–H groups in total. The van der Waals surface area contributed by atoms with Crippen LogP contribution in [0.25, 0.3) is 5.69 Å². The van der Waals surface area contributed by atoms with Crippen molar-refractivity contribution in [2.75, 3.05) is 18.2 Å². The number of halogens is 1. The van der Waals surface area contributed by atoms with Gasteiger partial charge in [0.15, 0.2) is 5.16 Å². The van der Waals surface area contributed by atoms with Gasteiger partial charge in [-0.1, -0.05) is 18.7 Å². The van der Waals surface area contributed by atoms with Crippen LogP contribution >= 0.6 is 11.8 Å². The molecule has 1 heterocycles. The van der Waals surface area contributed by atoms with E-state index in [0.29, 0.717) is 34.4 Å². The summed E-state index contributed by atoms with van der Waals surface area (Å²) in [5, 5.41) is 3.40. The number of benzene rings is 2. The molecule has 3 aromatic rings. The minimum atomic E-state index is -0.399. The van der Waals surface area contributed by atoms with Crippen molar-refractivity contribution in [1.29, 1.82) is 0 Å². The molecule has 0 unspecified atom stereocenters. The zero-order valence-electron chi connectivity index (χ0n) is 16.0. The highest BCUT2D eigenvalue weighted by Gasteiger charge is 2.18. The minimum Gasteiger partial charge on any atom is -0.462 e. The van der Waals surface area contributed by atoms with Crippen molar-refractivity contribution >= 4 is 29.3 Å². The van der Waals surface area contributed by atoms with Gasteiger partial charge >= 0.3 is 5.97 Å². The molecule has 0 radical (unpaired) electrons. The largest absolute Gasteiger partial charge is 0.462 e. The summed E-state index contributed by atoms with van der Waals surface area (Å²) in [5.74, 6) is -1.13. The fourth-order valence-corrected chi connectivity index (χ4v) is 3.19. The highest BCUT2D eigenvalue weighted by Crippen LogP contribution is 2.23. The molecule has 1 amide bonds. The maximum absolute atomic E-state index is 13.3. The zero-order chi connectivity index (χ0) is 20.8. The average Bonchev–Trinajstić information content (AvgIpc) is 3.17. The third kappa shape index (κ3) is 4.83. The Morgan fingerprint density at radius 1 is 1.14 bits per heavy atom. The molecule has 0 aliphatic carbocycles. The summed E-state index contributed by atoms with van der Waals surface area (Å²) in [6.07, 6.45) is 4.07. The maximum Gasteiger partial charge on any atom is 0.338 e. The number of nitrogens with one attached hydrogen (secondary N) is 1. The predicted octanol–water partition coefficient (Wildman–Crippen LogP) is 4.55. The van der Waals surface area contributed by atoms with Crippen molar-refractivity contribution in [3.05, 3.63) is 71.8 Å². The Morgan fingerprint density at radius 2 is 1.83 bits per heavy atom. The number of thioether (sulfide) groups is 1. The van der Waals surface area contributed by atoms with E-state index < -0.39 is 5.97 Å². The molecule has 0 fully saturated rings. The van der Waals surface area contributed by atoms with Crippen molar-refractivity contribution < 1.29 is 18.7 Å². The number of carbonyl (C=O) groups is 2. The quantitative estimate of drug-likeness (QED) is 0.454. The van der Waals surface area contributed by atoms with Crippen LogP contribution in [0.2, 0.25) is 0 Å². The lowest BCUT2D eigenvalue weighted by molar-refractivity contribution is 0.0505. The van der Waals surface area contributed by atoms with E-state index in [-0.39, 0.29) is 11.7 Å². The topological polar surface area (TPSA) is 73.2 Å². The number of aromatic nitrogens is 2. The fourth-order valence-electron chi connectivity index (χ4n) is 2.64. The number of anilines is 1. The molecule has 0 bridgehead atoms. The number of nitrogens with zero attached hydrogens (tertiary/aromatic N) is 2. The molecular formula is C21H20FN3O3S. The lowest BCUT2D eigenvalue weighted by atomic mass is 10.2. The highest BCUT2D eigenvalue weighted by atomic mass is 32.2. The van der Waals surface area contributed by atoms with E-state index in [0.717, 1.165) is 6.42 Å². The molecule has 2 aromatic carbocycles. The first-order chi connectivity index (χ1) is 14.0. The molecular weight excluding hydrogens is 393 g/mol. The summed E-state index contributed by atoms with van der Waals surface area (Å²) in [5.41, 5.74) is 1.89. The van der Waals surface area contributed by atoms with Crippen LogP contribution in [0.15, 0.2) is 59.9 Å². The van der Waals surface area contributed by atoms with Crippen molar-refractivity contribution in [1.82, 2.24) is 9.55 Å². The van der Waals surface area contributed by atoms with Gasteiger partial charge in [0.2, 0.25) is 0 Å². The van der Waals surface area contributed by atoms with Crippen LogP contribution in [0.3, 0.4) is 0 Å². The van der Waals surface area contributed by atoms with Crippen LogP contribution in [0, 0.1) is 5.82 Å². The normalized spacial score (nSPS) is 10.6. The number of ether oxygens (including phenoxy) is 1. The molecule has 0 aliphatic rings. The molecule has 29 heavy (non-hydrogen) atoms. The number of hydrogen-bond donors (Lipinski definition) is 1. The highest BCUT2D eigenvalue weighted by molar-refractivity contribution is 7.98. The number of esters is 1. The minimum absolute atomic E-state index is 0.312. The second-order valence-corrected chi connectivity index (χ2v) is 6.88. The summed E-state index contributed by atoms with van der Waals surface area (Å²) >= 11 is 1.38. The van der Waals surface area contributed by atoms with Crippen LogP contribution in [0.4, 0.5) is 10.1 Å². The molecule has 1 aromatic heterocycles. The first-order valence-corrected chi connectivity index (χ1v) is 10.2. The number of rotatable bonds is 7. The standard InChI is InChI=1S/C21H20FN3O3S/c1-3-12-28-20(27)14-4-8-16(9-5-14)24-19(26)18-13-23-21(29-2)25(18)17-10-6-15(22)7-11-17/h4-11,13H,3,12H2,1-2H3,(H,24,26). The van der Waals surface area contributed by atoms with Gasteiger partial charge in [-0.15, -0.1) is 0 Å². The Hall–Kier alpha value is -3.13. The number of amides is 1. The van der Waals surface area contributed by atoms with E-state index in [1.54, 1.807) is 41.0 Å². The number of carbonyl (C=O) groups excluding carboxylic acids is 2. The molecule has 150 valence electrons. The van der Waals surface area contributed by atoms with E-state index in [2.05, 4.69) is 10.3 Å². The van der Waals surface area contributed by atoms with E-state index >= 15 is 0 Å². The van der Waals surface area contributed by atoms with Gasteiger partial charge in [-0.25, -0.2) is 14.2 Å². The van der Waals surface area contributed by atoms with Crippen LogP contribution in [-0.4, -0.2) is 34.3 Å². The number of imidazole rings is 1. The van der Waals surface area contributed by atoms with Crippen molar-refractivity contribution in [3.63, 3.8) is 0 Å². The second-order valence-electron chi connectivity index (χ2n) is 6.11. The SMILES string of the molecule is CCCOC(=O)c1ccc(NC(=O)c2cnc(SC)n2-c2ccc(F)cc2)cc1. The molecule has 0 aliphatic heterocycles. The van der Waals surface area contributed by atoms with Gasteiger partial charge in [0.1, 0.15) is 11.5 Å². The Kier molecular flexibility index (Phi) is 6.66. The third-order valence-corrected chi connectivity index (χ3v) is 4.70. The molecule has 0 atom stereocenters. The van der Waals surface area contributed by atoms with Gasteiger partial charge in [-0.3, -0.25) is 9.36 Å². The zero-order valence-corrected chi connectivity index (χ0v) is 16.8. The van der Waals surface area contributed by atoms with Gasteiger partial charge in [0, 0.05) is 11.4 Å². The Bertz CT molecular complexity index is 1000. The smallest absolute Gasteiger partial charge is 0.338 e. The molecule has 0 spiro atoms. The Balaban J connectivity index is 1.80. The van der Waals surface area contributed by atoms with E-state index in [9.17, 15) is 14.0 Å². The summed E-state index contributed by atoms with van der Waals surface area (Å²) in [4.78, 5) is 29.0. The predicted molar refractivity (Wildman–Crippen MR) is 110 cm³/mol. The summed E-state index contributed by atoms with van der Waals surface area (Å²) in [6.45, 7) is 2.29. The van der Waals surface area contributed by atoms with Crippen molar-refractivity contribution in [2.24, 2.45) is 0 Å². The van der Waals surface area contributed by atoms with Gasteiger partial charge in [0.25, 0.3) is 5.91 Å². The van der Waals surface area contributed by atoms with Gasteiger partial charge < -0.3 is 10.1 Å². The van der Waals surface area contributed by atoms with E-state index in [1.165, 1.54) is 30.1 Å². The molecule has 0 saturated heterocycles. The lowest BCUT2D eigenvalue weighted by Gasteiger charge is -2.11. The van der Waals surface area contributed by atoms with E-state index in [1.807, 2.05) is 13.2 Å². The second kappa shape index (κ2) is 9.38. The monoisotopic (exact) mass is 413 g/mol. The van der Waals surface area contributed by atoms with Crippen LogP contribution in [-0.2, 0) is 4.74 Å². The van der Waals surface area contributed by atoms with E-state index in [4.69, 9.17) is 4.74 Å². The van der Waals surface area contributed by atoms with Crippen LogP contribution < -0.4 is 5.32 Å².